The number of halogens is 1. The van der Waals surface area contributed by atoms with Crippen molar-refractivity contribution in [2.45, 2.75) is 17.7 Å². The van der Waals surface area contributed by atoms with Crippen molar-refractivity contribution in [1.29, 1.82) is 0 Å². The number of hydrogen-bond acceptors (Lipinski definition) is 6. The standard InChI is InChI=1S/C18H22ClN5O3S/c19-15-2-4-16(5-3-15)28(26,27)24-12-6-14(7-13-24)17(25)20-10-11-23-18-21-8-1-9-22-18/h1-5,8-9,14H,6-7,10-13H2,(H,20,25)(H,21,22,23). The van der Waals surface area contributed by atoms with Crippen LogP contribution < -0.4 is 10.6 Å². The van der Waals surface area contributed by atoms with Gasteiger partial charge in [0.2, 0.25) is 21.9 Å². The molecule has 3 rings (SSSR count). The van der Waals surface area contributed by atoms with Crippen LogP contribution >= 0.6 is 11.6 Å². The fourth-order valence-electron chi connectivity index (χ4n) is 3.01. The summed E-state index contributed by atoms with van der Waals surface area (Å²) in [7, 11) is -3.56. The smallest absolute Gasteiger partial charge is 0.243 e. The highest BCUT2D eigenvalue weighted by Gasteiger charge is 2.31. The summed E-state index contributed by atoms with van der Waals surface area (Å²) >= 11 is 5.82. The number of anilines is 1. The van der Waals surface area contributed by atoms with E-state index in [0.29, 0.717) is 50.0 Å². The minimum atomic E-state index is -3.56. The molecule has 150 valence electrons. The number of aromatic nitrogens is 2. The molecule has 0 aliphatic carbocycles. The number of carbonyl (C=O) groups excluding carboxylic acids is 1. The monoisotopic (exact) mass is 423 g/mol. The SMILES string of the molecule is O=C(NCCNc1ncccn1)C1CCN(S(=O)(=O)c2ccc(Cl)cc2)CC1. The normalized spacial score (nSPS) is 15.9. The van der Waals surface area contributed by atoms with E-state index in [1.54, 1.807) is 30.6 Å². The molecule has 2 N–H and O–H groups in total. The first-order chi connectivity index (χ1) is 13.5. The van der Waals surface area contributed by atoms with Gasteiger partial charge in [0.05, 0.1) is 4.90 Å². The minimum Gasteiger partial charge on any atom is -0.354 e. The molecule has 1 fully saturated rings. The Labute approximate surface area is 169 Å². The van der Waals surface area contributed by atoms with Crippen molar-refractivity contribution in [3.8, 4) is 0 Å². The molecule has 1 aromatic heterocycles. The lowest BCUT2D eigenvalue weighted by Gasteiger charge is -2.30. The van der Waals surface area contributed by atoms with Gasteiger partial charge in [-0.25, -0.2) is 18.4 Å². The van der Waals surface area contributed by atoms with Crippen LogP contribution in [-0.2, 0) is 14.8 Å². The number of benzene rings is 1. The first kappa shape index (κ1) is 20.5. The fraction of sp³-hybridized carbons (Fsp3) is 0.389. The quantitative estimate of drug-likeness (QED) is 0.657. The molecule has 1 amide bonds. The zero-order valence-electron chi connectivity index (χ0n) is 15.2. The molecule has 0 atom stereocenters. The van der Waals surface area contributed by atoms with Gasteiger partial charge in [0.15, 0.2) is 0 Å². The zero-order chi connectivity index (χ0) is 20.0. The van der Waals surface area contributed by atoms with E-state index in [9.17, 15) is 13.2 Å². The number of hydrogen-bond donors (Lipinski definition) is 2. The Balaban J connectivity index is 1.44. The van der Waals surface area contributed by atoms with E-state index in [2.05, 4.69) is 20.6 Å². The van der Waals surface area contributed by atoms with Crippen LogP contribution in [0.5, 0.6) is 0 Å². The highest BCUT2D eigenvalue weighted by atomic mass is 35.5. The van der Waals surface area contributed by atoms with E-state index < -0.39 is 10.0 Å². The van der Waals surface area contributed by atoms with Crippen LogP contribution in [0.4, 0.5) is 5.95 Å². The first-order valence-corrected chi connectivity index (χ1v) is 10.8. The van der Waals surface area contributed by atoms with Crippen molar-refractivity contribution < 1.29 is 13.2 Å². The Hall–Kier alpha value is -2.23. The molecular weight excluding hydrogens is 402 g/mol. The van der Waals surface area contributed by atoms with E-state index in [4.69, 9.17) is 11.6 Å². The van der Waals surface area contributed by atoms with Crippen LogP contribution in [0.1, 0.15) is 12.8 Å². The van der Waals surface area contributed by atoms with Crippen molar-refractivity contribution >= 4 is 33.5 Å². The molecule has 1 aromatic carbocycles. The van der Waals surface area contributed by atoms with Gasteiger partial charge < -0.3 is 10.6 Å². The van der Waals surface area contributed by atoms with Crippen molar-refractivity contribution in [2.24, 2.45) is 5.92 Å². The molecule has 0 saturated carbocycles. The maximum absolute atomic E-state index is 12.7. The second kappa shape index (κ2) is 9.31. The van der Waals surface area contributed by atoms with Gasteiger partial charge in [-0.05, 0) is 43.2 Å². The van der Waals surface area contributed by atoms with Crippen molar-refractivity contribution in [3.63, 3.8) is 0 Å². The molecule has 28 heavy (non-hydrogen) atoms. The number of carbonyl (C=O) groups is 1. The lowest BCUT2D eigenvalue weighted by Crippen LogP contribution is -2.43. The Morgan fingerprint density at radius 2 is 1.75 bits per heavy atom. The summed E-state index contributed by atoms with van der Waals surface area (Å²) in [5, 5.41) is 6.38. The molecule has 1 saturated heterocycles. The van der Waals surface area contributed by atoms with Crippen LogP contribution in [0.25, 0.3) is 0 Å². The van der Waals surface area contributed by atoms with E-state index in [0.717, 1.165) is 0 Å². The predicted octanol–water partition coefficient (Wildman–Crippen LogP) is 1.76. The van der Waals surface area contributed by atoms with Crippen LogP contribution in [0.2, 0.25) is 5.02 Å². The molecule has 0 unspecified atom stereocenters. The number of piperidine rings is 1. The van der Waals surface area contributed by atoms with Gasteiger partial charge >= 0.3 is 0 Å². The number of rotatable bonds is 7. The zero-order valence-corrected chi connectivity index (χ0v) is 16.8. The van der Waals surface area contributed by atoms with Crippen molar-refractivity contribution in [1.82, 2.24) is 19.6 Å². The van der Waals surface area contributed by atoms with Crippen molar-refractivity contribution in [3.05, 3.63) is 47.7 Å². The summed E-state index contributed by atoms with van der Waals surface area (Å²) in [5.74, 6) is 0.265. The lowest BCUT2D eigenvalue weighted by atomic mass is 9.97. The Kier molecular flexibility index (Phi) is 6.82. The highest BCUT2D eigenvalue weighted by Crippen LogP contribution is 2.24. The number of sulfonamides is 1. The van der Waals surface area contributed by atoms with Gasteiger partial charge in [0.25, 0.3) is 0 Å². The number of amides is 1. The third kappa shape index (κ3) is 5.18. The molecule has 2 aromatic rings. The van der Waals surface area contributed by atoms with Crippen LogP contribution in [0.3, 0.4) is 0 Å². The average Bonchev–Trinajstić information content (AvgIpc) is 2.72. The van der Waals surface area contributed by atoms with Crippen LogP contribution in [0.15, 0.2) is 47.6 Å². The Bertz CT molecular complexity index is 885. The van der Waals surface area contributed by atoms with E-state index in [1.165, 1.54) is 16.4 Å². The van der Waals surface area contributed by atoms with Crippen LogP contribution in [-0.4, -0.2) is 54.8 Å². The lowest BCUT2D eigenvalue weighted by molar-refractivity contribution is -0.126. The van der Waals surface area contributed by atoms with Gasteiger partial charge in [-0.3, -0.25) is 4.79 Å². The molecule has 0 bridgehead atoms. The predicted molar refractivity (Wildman–Crippen MR) is 106 cm³/mol. The van der Waals surface area contributed by atoms with Gasteiger partial charge in [-0.15, -0.1) is 0 Å². The topological polar surface area (TPSA) is 104 Å². The molecule has 0 spiro atoms. The van der Waals surface area contributed by atoms with E-state index >= 15 is 0 Å². The largest absolute Gasteiger partial charge is 0.354 e. The molecule has 8 nitrogen and oxygen atoms in total. The molecule has 1 aliphatic rings. The maximum atomic E-state index is 12.7. The number of nitrogens with one attached hydrogen (secondary N) is 2. The minimum absolute atomic E-state index is 0.0562. The average molecular weight is 424 g/mol. The summed E-state index contributed by atoms with van der Waals surface area (Å²) in [6.45, 7) is 1.60. The molecule has 1 aliphatic heterocycles. The molecule has 0 radical (unpaired) electrons. The molecule has 10 heteroatoms. The van der Waals surface area contributed by atoms with Gasteiger partial charge in [-0.1, -0.05) is 11.6 Å². The van der Waals surface area contributed by atoms with Gasteiger partial charge in [0, 0.05) is 49.5 Å². The summed E-state index contributed by atoms with van der Waals surface area (Å²) in [4.78, 5) is 20.6. The van der Waals surface area contributed by atoms with Crippen molar-refractivity contribution in [2.75, 3.05) is 31.5 Å². The number of nitrogens with zero attached hydrogens (tertiary/aromatic N) is 3. The van der Waals surface area contributed by atoms with Gasteiger partial charge in [-0.2, -0.15) is 4.31 Å². The Morgan fingerprint density at radius 3 is 2.39 bits per heavy atom. The summed E-state index contributed by atoms with van der Waals surface area (Å²) in [6, 6.07) is 7.85. The summed E-state index contributed by atoms with van der Waals surface area (Å²) in [5.41, 5.74) is 0. The first-order valence-electron chi connectivity index (χ1n) is 9.01. The summed E-state index contributed by atoms with van der Waals surface area (Å²) in [6.07, 6.45) is 4.27. The van der Waals surface area contributed by atoms with Crippen LogP contribution in [0, 0.1) is 5.92 Å². The molecular formula is C18H22ClN5O3S. The Morgan fingerprint density at radius 1 is 1.11 bits per heavy atom. The molecule has 2 heterocycles. The van der Waals surface area contributed by atoms with E-state index in [1.807, 2.05) is 0 Å². The van der Waals surface area contributed by atoms with Gasteiger partial charge in [0.1, 0.15) is 0 Å². The second-order valence-corrected chi connectivity index (χ2v) is 8.80. The third-order valence-corrected chi connectivity index (χ3v) is 6.71. The maximum Gasteiger partial charge on any atom is 0.243 e. The second-order valence-electron chi connectivity index (χ2n) is 6.42. The highest BCUT2D eigenvalue weighted by molar-refractivity contribution is 7.89. The third-order valence-electron chi connectivity index (χ3n) is 4.55. The fourth-order valence-corrected chi connectivity index (χ4v) is 4.60. The van der Waals surface area contributed by atoms with E-state index in [-0.39, 0.29) is 16.7 Å². The summed E-state index contributed by atoms with van der Waals surface area (Å²) < 4.78 is 26.8.